The van der Waals surface area contributed by atoms with E-state index in [1.807, 2.05) is 31.2 Å². The lowest BCUT2D eigenvalue weighted by atomic mass is 10.1. The van der Waals surface area contributed by atoms with Gasteiger partial charge in [0.1, 0.15) is 5.82 Å². The summed E-state index contributed by atoms with van der Waals surface area (Å²) in [7, 11) is 1.62. The maximum Gasteiger partial charge on any atom is 0.251 e. The first-order valence-electron chi connectivity index (χ1n) is 8.80. The molecule has 0 spiro atoms. The van der Waals surface area contributed by atoms with Crippen LogP contribution < -0.4 is 16.0 Å². The summed E-state index contributed by atoms with van der Waals surface area (Å²) in [5, 5.41) is 9.06. The molecule has 5 nitrogen and oxygen atoms in total. The Morgan fingerprint density at radius 2 is 1.93 bits per heavy atom. The maximum absolute atomic E-state index is 13.6. The number of benzene rings is 2. The Kier molecular flexibility index (Phi) is 11.1. The van der Waals surface area contributed by atoms with Crippen molar-refractivity contribution in [3.63, 3.8) is 0 Å². The summed E-state index contributed by atoms with van der Waals surface area (Å²) in [4.78, 5) is 16.2. The number of rotatable bonds is 7. The van der Waals surface area contributed by atoms with Crippen LogP contribution in [0.4, 0.5) is 4.39 Å². The third-order valence-corrected chi connectivity index (χ3v) is 4.51. The smallest absolute Gasteiger partial charge is 0.251 e. The van der Waals surface area contributed by atoms with Crippen LogP contribution in [0.5, 0.6) is 0 Å². The Labute approximate surface area is 190 Å². The molecule has 0 radical (unpaired) electrons. The highest BCUT2D eigenvalue weighted by Crippen LogP contribution is 2.16. The Bertz CT molecular complexity index is 817. The Balaban J connectivity index is 0.00000392. The summed E-state index contributed by atoms with van der Waals surface area (Å²) in [6, 6.07) is 12.5. The van der Waals surface area contributed by atoms with Crippen LogP contribution in [0.25, 0.3) is 0 Å². The Hall–Kier alpha value is -1.68. The third kappa shape index (κ3) is 7.75. The Morgan fingerprint density at radius 1 is 1.14 bits per heavy atom. The predicted octanol–water partition coefficient (Wildman–Crippen LogP) is 3.86. The molecule has 152 valence electrons. The summed E-state index contributed by atoms with van der Waals surface area (Å²) in [6.45, 7) is 3.76. The SMILES string of the molecule is CCNC(=NCc1ccc(Br)c(F)c1)NCCc1cccc(C(=O)NC)c1.I. The van der Waals surface area contributed by atoms with Crippen LogP contribution in [0.3, 0.4) is 0 Å². The molecule has 8 heteroatoms. The van der Waals surface area contributed by atoms with Crippen molar-refractivity contribution in [2.24, 2.45) is 4.99 Å². The first-order chi connectivity index (χ1) is 13.0. The molecule has 0 aromatic heterocycles. The van der Waals surface area contributed by atoms with Crippen LogP contribution in [0.15, 0.2) is 51.9 Å². The number of nitrogens with zero attached hydrogens (tertiary/aromatic N) is 1. The molecule has 0 bridgehead atoms. The van der Waals surface area contributed by atoms with Gasteiger partial charge in [0.25, 0.3) is 5.91 Å². The molecule has 0 saturated carbocycles. The van der Waals surface area contributed by atoms with E-state index in [2.05, 4.69) is 36.9 Å². The topological polar surface area (TPSA) is 65.5 Å². The molecule has 1 amide bonds. The minimum Gasteiger partial charge on any atom is -0.357 e. The zero-order valence-corrected chi connectivity index (χ0v) is 19.8. The van der Waals surface area contributed by atoms with Crippen molar-refractivity contribution in [3.05, 3.63) is 69.4 Å². The van der Waals surface area contributed by atoms with Crippen LogP contribution >= 0.6 is 39.9 Å². The van der Waals surface area contributed by atoms with E-state index in [0.29, 0.717) is 29.1 Å². The maximum atomic E-state index is 13.6. The molecule has 0 aliphatic rings. The van der Waals surface area contributed by atoms with Crippen molar-refractivity contribution < 1.29 is 9.18 Å². The highest BCUT2D eigenvalue weighted by molar-refractivity contribution is 14.0. The van der Waals surface area contributed by atoms with Gasteiger partial charge in [-0.3, -0.25) is 4.79 Å². The standard InChI is InChI=1S/C20H24BrFN4O.HI/c1-3-24-20(26-13-15-7-8-17(21)18(22)12-15)25-10-9-14-5-4-6-16(11-14)19(27)23-2;/h4-8,11-12H,3,9-10,13H2,1-2H3,(H,23,27)(H2,24,25,26);1H. The molecule has 0 aliphatic carbocycles. The second-order valence-corrected chi connectivity index (χ2v) is 6.75. The zero-order chi connectivity index (χ0) is 19.6. The van der Waals surface area contributed by atoms with E-state index in [0.717, 1.165) is 24.1 Å². The van der Waals surface area contributed by atoms with E-state index in [9.17, 15) is 9.18 Å². The predicted molar refractivity (Wildman–Crippen MR) is 126 cm³/mol. The zero-order valence-electron chi connectivity index (χ0n) is 15.9. The largest absolute Gasteiger partial charge is 0.357 e. The van der Waals surface area contributed by atoms with Gasteiger partial charge in [-0.05, 0) is 64.7 Å². The van der Waals surface area contributed by atoms with Crippen molar-refractivity contribution in [1.29, 1.82) is 0 Å². The molecule has 2 aromatic carbocycles. The Morgan fingerprint density at radius 3 is 2.61 bits per heavy atom. The molecule has 2 rings (SSSR count). The molecular formula is C20H25BrFIN4O. The molecule has 2 aromatic rings. The number of aliphatic imine (C=N–C) groups is 1. The highest BCUT2D eigenvalue weighted by atomic mass is 127. The third-order valence-electron chi connectivity index (χ3n) is 3.87. The number of hydrogen-bond donors (Lipinski definition) is 3. The van der Waals surface area contributed by atoms with Crippen LogP contribution in [-0.2, 0) is 13.0 Å². The fraction of sp³-hybridized carbons (Fsp3) is 0.300. The number of hydrogen-bond acceptors (Lipinski definition) is 2. The van der Waals surface area contributed by atoms with Crippen molar-refractivity contribution in [2.75, 3.05) is 20.1 Å². The average Bonchev–Trinajstić information content (AvgIpc) is 2.68. The van der Waals surface area contributed by atoms with E-state index < -0.39 is 0 Å². The van der Waals surface area contributed by atoms with Gasteiger partial charge < -0.3 is 16.0 Å². The van der Waals surface area contributed by atoms with Crippen LogP contribution in [-0.4, -0.2) is 32.0 Å². The number of carbonyl (C=O) groups excluding carboxylic acids is 1. The van der Waals surface area contributed by atoms with Gasteiger partial charge in [-0.1, -0.05) is 18.2 Å². The number of guanidine groups is 1. The quantitative estimate of drug-likeness (QED) is 0.273. The first kappa shape index (κ1) is 24.4. The van der Waals surface area contributed by atoms with Crippen LogP contribution in [0, 0.1) is 5.82 Å². The summed E-state index contributed by atoms with van der Waals surface area (Å²) < 4.78 is 14.0. The summed E-state index contributed by atoms with van der Waals surface area (Å²) >= 11 is 3.15. The second kappa shape index (κ2) is 12.7. The van der Waals surface area contributed by atoms with Gasteiger partial charge in [0.15, 0.2) is 5.96 Å². The fourth-order valence-electron chi connectivity index (χ4n) is 2.49. The van der Waals surface area contributed by atoms with Gasteiger partial charge in [-0.2, -0.15) is 0 Å². The molecule has 3 N–H and O–H groups in total. The normalized spacial score (nSPS) is 10.8. The van der Waals surface area contributed by atoms with Crippen molar-refractivity contribution in [3.8, 4) is 0 Å². The number of carbonyl (C=O) groups is 1. The lowest BCUT2D eigenvalue weighted by molar-refractivity contribution is 0.0963. The van der Waals surface area contributed by atoms with Crippen LogP contribution in [0.1, 0.15) is 28.4 Å². The molecule has 0 fully saturated rings. The molecule has 28 heavy (non-hydrogen) atoms. The lowest BCUT2D eigenvalue weighted by Gasteiger charge is -2.12. The van der Waals surface area contributed by atoms with E-state index in [4.69, 9.17) is 0 Å². The second-order valence-electron chi connectivity index (χ2n) is 5.90. The van der Waals surface area contributed by atoms with E-state index in [1.54, 1.807) is 19.2 Å². The van der Waals surface area contributed by atoms with Gasteiger partial charge >= 0.3 is 0 Å². The molecule has 0 saturated heterocycles. The van der Waals surface area contributed by atoms with Crippen molar-refractivity contribution in [2.45, 2.75) is 19.9 Å². The van der Waals surface area contributed by atoms with Crippen molar-refractivity contribution >= 4 is 51.8 Å². The van der Waals surface area contributed by atoms with Gasteiger partial charge in [-0.15, -0.1) is 24.0 Å². The summed E-state index contributed by atoms with van der Waals surface area (Å²) in [5.41, 5.74) is 2.51. The molecule has 0 aliphatic heterocycles. The fourth-order valence-corrected chi connectivity index (χ4v) is 2.73. The number of halogens is 3. The molecular weight excluding hydrogens is 538 g/mol. The molecule has 0 atom stereocenters. The van der Waals surface area contributed by atoms with Gasteiger partial charge in [0.2, 0.25) is 0 Å². The van der Waals surface area contributed by atoms with Crippen LogP contribution in [0.2, 0.25) is 0 Å². The minimum atomic E-state index is -0.295. The lowest BCUT2D eigenvalue weighted by Crippen LogP contribution is -2.38. The number of nitrogens with one attached hydrogen (secondary N) is 3. The van der Waals surface area contributed by atoms with E-state index in [1.165, 1.54) is 6.07 Å². The average molecular weight is 563 g/mol. The number of amides is 1. The van der Waals surface area contributed by atoms with Gasteiger partial charge in [0.05, 0.1) is 11.0 Å². The first-order valence-corrected chi connectivity index (χ1v) is 9.60. The highest BCUT2D eigenvalue weighted by Gasteiger charge is 2.05. The van der Waals surface area contributed by atoms with Crippen molar-refractivity contribution in [1.82, 2.24) is 16.0 Å². The van der Waals surface area contributed by atoms with Gasteiger partial charge in [-0.25, -0.2) is 9.38 Å². The molecule has 0 unspecified atom stereocenters. The summed E-state index contributed by atoms with van der Waals surface area (Å²) in [5.74, 6) is 0.279. The van der Waals surface area contributed by atoms with Gasteiger partial charge in [0, 0.05) is 25.7 Å². The molecule has 0 heterocycles. The minimum absolute atomic E-state index is 0. The monoisotopic (exact) mass is 562 g/mol. The summed E-state index contributed by atoms with van der Waals surface area (Å²) in [6.07, 6.45) is 0.752. The van der Waals surface area contributed by atoms with E-state index in [-0.39, 0.29) is 35.7 Å². The van der Waals surface area contributed by atoms with E-state index >= 15 is 0 Å².